The molecule has 1 rings (SSSR count). The molecule has 0 spiro atoms. The zero-order valence-electron chi connectivity index (χ0n) is 14.7. The van der Waals surface area contributed by atoms with Crippen LogP contribution in [0.4, 0.5) is 5.69 Å². The molecule has 3 heteroatoms. The lowest BCUT2D eigenvalue weighted by atomic mass is 9.91. The van der Waals surface area contributed by atoms with E-state index in [0.717, 1.165) is 16.6 Å². The highest BCUT2D eigenvalue weighted by Gasteiger charge is 2.26. The average Bonchev–Trinajstić information content (AvgIpc) is 2.37. The number of rotatable bonds is 7. The molecule has 1 atom stereocenters. The van der Waals surface area contributed by atoms with E-state index in [9.17, 15) is 4.79 Å². The Kier molecular flexibility index (Phi) is 7.61. The minimum atomic E-state index is 0.00445. The van der Waals surface area contributed by atoms with Gasteiger partial charge in [0.15, 0.2) is 0 Å². The van der Waals surface area contributed by atoms with E-state index in [4.69, 9.17) is 0 Å². The molecule has 0 heterocycles. The SMILES string of the molecule is CCCCCC(C)N(C(=O)CC(C)(C)C)c1cccc(Br)c1. The van der Waals surface area contributed by atoms with E-state index < -0.39 is 0 Å². The van der Waals surface area contributed by atoms with E-state index in [1.165, 1.54) is 19.3 Å². The molecule has 0 bridgehead atoms. The molecule has 0 fully saturated rings. The zero-order chi connectivity index (χ0) is 16.8. The van der Waals surface area contributed by atoms with E-state index in [0.29, 0.717) is 6.42 Å². The lowest BCUT2D eigenvalue weighted by molar-refractivity contribution is -0.120. The van der Waals surface area contributed by atoms with Crippen LogP contribution in [0.3, 0.4) is 0 Å². The van der Waals surface area contributed by atoms with Gasteiger partial charge in [0.25, 0.3) is 0 Å². The molecule has 0 radical (unpaired) electrons. The largest absolute Gasteiger partial charge is 0.310 e. The van der Waals surface area contributed by atoms with Gasteiger partial charge in [-0.05, 0) is 37.0 Å². The van der Waals surface area contributed by atoms with Gasteiger partial charge >= 0.3 is 0 Å². The molecule has 2 nitrogen and oxygen atoms in total. The zero-order valence-corrected chi connectivity index (χ0v) is 16.2. The molecule has 1 aromatic rings. The van der Waals surface area contributed by atoms with Crippen LogP contribution >= 0.6 is 15.9 Å². The minimum Gasteiger partial charge on any atom is -0.310 e. The van der Waals surface area contributed by atoms with Crippen LogP contribution in [0.5, 0.6) is 0 Å². The third-order valence-electron chi connectivity index (χ3n) is 3.70. The fourth-order valence-electron chi connectivity index (χ4n) is 2.63. The molecular weight excluding hydrogens is 338 g/mol. The number of unbranched alkanes of at least 4 members (excludes halogenated alkanes) is 2. The number of carbonyl (C=O) groups is 1. The summed E-state index contributed by atoms with van der Waals surface area (Å²) in [6.07, 6.45) is 5.22. The van der Waals surface area contributed by atoms with Crippen LogP contribution < -0.4 is 4.90 Å². The molecular formula is C19H30BrNO. The topological polar surface area (TPSA) is 20.3 Å². The lowest BCUT2D eigenvalue weighted by Gasteiger charge is -2.32. The Labute approximate surface area is 144 Å². The number of hydrogen-bond acceptors (Lipinski definition) is 1. The first kappa shape index (κ1) is 19.2. The summed E-state index contributed by atoms with van der Waals surface area (Å²) in [5.74, 6) is 0.217. The summed E-state index contributed by atoms with van der Waals surface area (Å²) in [6, 6.07) is 8.29. The summed E-state index contributed by atoms with van der Waals surface area (Å²) < 4.78 is 1.01. The minimum absolute atomic E-state index is 0.00445. The van der Waals surface area contributed by atoms with Crippen LogP contribution in [-0.2, 0) is 4.79 Å². The number of anilines is 1. The third-order valence-corrected chi connectivity index (χ3v) is 4.20. The molecule has 22 heavy (non-hydrogen) atoms. The van der Waals surface area contributed by atoms with Crippen molar-refractivity contribution < 1.29 is 4.79 Å². The van der Waals surface area contributed by atoms with Crippen molar-refractivity contribution in [3.8, 4) is 0 Å². The van der Waals surface area contributed by atoms with E-state index in [2.05, 4.69) is 50.5 Å². The molecule has 0 saturated heterocycles. The number of benzene rings is 1. The molecule has 0 saturated carbocycles. The van der Waals surface area contributed by atoms with Crippen molar-refractivity contribution >= 4 is 27.5 Å². The first-order chi connectivity index (χ1) is 10.2. The molecule has 1 aromatic carbocycles. The van der Waals surface area contributed by atoms with Crippen molar-refractivity contribution in [2.24, 2.45) is 5.41 Å². The van der Waals surface area contributed by atoms with E-state index >= 15 is 0 Å². The van der Waals surface area contributed by atoms with Crippen molar-refractivity contribution in [2.45, 2.75) is 72.8 Å². The Morgan fingerprint density at radius 1 is 1.27 bits per heavy atom. The fraction of sp³-hybridized carbons (Fsp3) is 0.632. The summed E-state index contributed by atoms with van der Waals surface area (Å²) in [7, 11) is 0. The Morgan fingerprint density at radius 2 is 1.95 bits per heavy atom. The number of amides is 1. The first-order valence-electron chi connectivity index (χ1n) is 8.32. The smallest absolute Gasteiger partial charge is 0.227 e. The normalized spacial score (nSPS) is 13.0. The highest BCUT2D eigenvalue weighted by atomic mass is 79.9. The fourth-order valence-corrected chi connectivity index (χ4v) is 3.02. The summed E-state index contributed by atoms with van der Waals surface area (Å²) in [6.45, 7) is 10.7. The second-order valence-corrected chi connectivity index (χ2v) is 8.24. The van der Waals surface area contributed by atoms with Crippen molar-refractivity contribution in [3.05, 3.63) is 28.7 Å². The number of halogens is 1. The summed E-state index contributed by atoms with van der Waals surface area (Å²) in [4.78, 5) is 14.8. The van der Waals surface area contributed by atoms with Crippen molar-refractivity contribution in [2.75, 3.05) is 4.90 Å². The summed E-state index contributed by atoms with van der Waals surface area (Å²) in [5, 5.41) is 0. The van der Waals surface area contributed by atoms with Gasteiger partial charge in [-0.3, -0.25) is 4.79 Å². The maximum absolute atomic E-state index is 12.9. The Balaban J connectivity index is 2.96. The Bertz CT molecular complexity index is 479. The van der Waals surface area contributed by atoms with Gasteiger partial charge < -0.3 is 4.90 Å². The van der Waals surface area contributed by atoms with Crippen LogP contribution in [0.25, 0.3) is 0 Å². The molecule has 0 aliphatic rings. The highest BCUT2D eigenvalue weighted by molar-refractivity contribution is 9.10. The second kappa shape index (κ2) is 8.71. The quantitative estimate of drug-likeness (QED) is 0.526. The number of nitrogens with zero attached hydrogens (tertiary/aromatic N) is 1. The molecule has 124 valence electrons. The van der Waals surface area contributed by atoms with Crippen molar-refractivity contribution in [1.82, 2.24) is 0 Å². The molecule has 0 aliphatic heterocycles. The second-order valence-electron chi connectivity index (χ2n) is 7.33. The van der Waals surface area contributed by atoms with Gasteiger partial charge in [-0.15, -0.1) is 0 Å². The van der Waals surface area contributed by atoms with Crippen molar-refractivity contribution in [1.29, 1.82) is 0 Å². The van der Waals surface area contributed by atoms with E-state index in [-0.39, 0.29) is 17.4 Å². The van der Waals surface area contributed by atoms with Gasteiger partial charge in [-0.2, -0.15) is 0 Å². The number of hydrogen-bond donors (Lipinski definition) is 0. The van der Waals surface area contributed by atoms with Gasteiger partial charge in [0.2, 0.25) is 5.91 Å². The van der Waals surface area contributed by atoms with Gasteiger partial charge in [0, 0.05) is 22.6 Å². The summed E-state index contributed by atoms with van der Waals surface area (Å²) >= 11 is 3.52. The van der Waals surface area contributed by atoms with Gasteiger partial charge in [-0.25, -0.2) is 0 Å². The third kappa shape index (κ3) is 6.51. The predicted octanol–water partition coefficient (Wildman–Crippen LogP) is 6.19. The van der Waals surface area contributed by atoms with Gasteiger partial charge in [-0.1, -0.05) is 69.0 Å². The van der Waals surface area contributed by atoms with Crippen LogP contribution in [0.1, 0.15) is 66.7 Å². The molecule has 1 unspecified atom stereocenters. The monoisotopic (exact) mass is 367 g/mol. The average molecular weight is 368 g/mol. The lowest BCUT2D eigenvalue weighted by Crippen LogP contribution is -2.40. The Morgan fingerprint density at radius 3 is 2.50 bits per heavy atom. The highest BCUT2D eigenvalue weighted by Crippen LogP contribution is 2.28. The molecule has 1 amide bonds. The van der Waals surface area contributed by atoms with Gasteiger partial charge in [0.05, 0.1) is 0 Å². The summed E-state index contributed by atoms with van der Waals surface area (Å²) in [5.41, 5.74) is 0.998. The van der Waals surface area contributed by atoms with E-state index in [1.807, 2.05) is 29.2 Å². The maximum Gasteiger partial charge on any atom is 0.227 e. The molecule has 0 N–H and O–H groups in total. The van der Waals surface area contributed by atoms with Gasteiger partial charge in [0.1, 0.15) is 0 Å². The Hall–Kier alpha value is -0.830. The van der Waals surface area contributed by atoms with Crippen molar-refractivity contribution in [3.63, 3.8) is 0 Å². The van der Waals surface area contributed by atoms with Crippen LogP contribution in [0.15, 0.2) is 28.7 Å². The standard InChI is InChI=1S/C19H30BrNO/c1-6-7-8-10-15(2)21(18(22)14-19(3,4)5)17-12-9-11-16(20)13-17/h9,11-13,15H,6-8,10,14H2,1-5H3. The van der Waals surface area contributed by atoms with E-state index in [1.54, 1.807) is 0 Å². The molecule has 0 aromatic heterocycles. The number of carbonyl (C=O) groups excluding carboxylic acids is 1. The predicted molar refractivity (Wildman–Crippen MR) is 99.3 cm³/mol. The molecule has 0 aliphatic carbocycles. The van der Waals surface area contributed by atoms with Crippen LogP contribution in [0.2, 0.25) is 0 Å². The van der Waals surface area contributed by atoms with Crippen LogP contribution in [-0.4, -0.2) is 11.9 Å². The first-order valence-corrected chi connectivity index (χ1v) is 9.11. The maximum atomic E-state index is 12.9. The van der Waals surface area contributed by atoms with Crippen LogP contribution in [0, 0.1) is 5.41 Å².